The monoisotopic (exact) mass is 416 g/mol. The lowest BCUT2D eigenvalue weighted by molar-refractivity contribution is 0.234. The Labute approximate surface area is 179 Å². The number of furan rings is 1. The van der Waals surface area contributed by atoms with E-state index in [0.717, 1.165) is 55.0 Å². The molecule has 4 aromatic carbocycles. The molecule has 0 bridgehead atoms. The number of ether oxygens (including phenoxy) is 2. The van der Waals surface area contributed by atoms with Crippen LogP contribution in [0.4, 0.5) is 0 Å². The van der Waals surface area contributed by atoms with Gasteiger partial charge in [0.25, 0.3) is 0 Å². The number of aliphatic hydroxyl groups excluding tert-OH is 2. The lowest BCUT2D eigenvalue weighted by atomic mass is 9.98. The molecule has 5 heteroatoms. The van der Waals surface area contributed by atoms with E-state index < -0.39 is 0 Å². The maximum atomic E-state index is 9.15. The van der Waals surface area contributed by atoms with Crippen LogP contribution < -0.4 is 9.47 Å². The van der Waals surface area contributed by atoms with Gasteiger partial charge in [0.2, 0.25) is 0 Å². The molecule has 5 rings (SSSR count). The first-order valence-electron chi connectivity index (χ1n) is 10.6. The molecule has 158 valence electrons. The van der Waals surface area contributed by atoms with Crippen LogP contribution in [-0.4, -0.2) is 36.6 Å². The van der Waals surface area contributed by atoms with Crippen LogP contribution in [0.5, 0.6) is 11.5 Å². The Morgan fingerprint density at radius 1 is 0.581 bits per heavy atom. The summed E-state index contributed by atoms with van der Waals surface area (Å²) in [5, 5.41) is 24.4. The summed E-state index contributed by atoms with van der Waals surface area (Å²) in [5.41, 5.74) is 1.58. The van der Waals surface area contributed by atoms with Crippen LogP contribution in [0, 0.1) is 0 Å². The number of benzene rings is 4. The summed E-state index contributed by atoms with van der Waals surface area (Å²) in [4.78, 5) is 0. The minimum Gasteiger partial charge on any atom is -0.493 e. The van der Waals surface area contributed by atoms with Crippen molar-refractivity contribution in [2.24, 2.45) is 0 Å². The molecule has 1 heterocycles. The van der Waals surface area contributed by atoms with Crippen LogP contribution in [0.1, 0.15) is 12.8 Å². The molecule has 0 fully saturated rings. The number of aliphatic hydroxyl groups is 2. The van der Waals surface area contributed by atoms with Gasteiger partial charge in [0.1, 0.15) is 22.7 Å². The van der Waals surface area contributed by atoms with Crippen molar-refractivity contribution in [3.63, 3.8) is 0 Å². The van der Waals surface area contributed by atoms with E-state index in [9.17, 15) is 0 Å². The first-order valence-corrected chi connectivity index (χ1v) is 10.6. The van der Waals surface area contributed by atoms with Crippen molar-refractivity contribution in [1.29, 1.82) is 0 Å². The second kappa shape index (κ2) is 8.46. The highest BCUT2D eigenvalue weighted by molar-refractivity contribution is 6.28. The predicted octanol–water partition coefficient (Wildman–Crippen LogP) is 5.41. The Hall–Kier alpha value is -3.28. The van der Waals surface area contributed by atoms with Gasteiger partial charge in [0.05, 0.1) is 13.2 Å². The average Bonchev–Trinajstić information content (AvgIpc) is 3.18. The molecule has 0 atom stereocenters. The van der Waals surface area contributed by atoms with Crippen molar-refractivity contribution in [3.8, 4) is 11.5 Å². The maximum absolute atomic E-state index is 9.15. The van der Waals surface area contributed by atoms with Crippen LogP contribution in [0.3, 0.4) is 0 Å². The summed E-state index contributed by atoms with van der Waals surface area (Å²) in [5.74, 6) is 1.55. The average molecular weight is 416 g/mol. The third kappa shape index (κ3) is 3.46. The standard InChI is InChI=1S/C26H24O5/c27-13-3-15-29-19-7-1-5-17-9-11-21-25(23(17)19)26-22(31-21)12-10-18-6-2-8-20(24(18)26)30-16-4-14-28/h1-2,5-12,27-28H,3-4,13-16H2. The van der Waals surface area contributed by atoms with E-state index in [4.69, 9.17) is 24.1 Å². The predicted molar refractivity (Wildman–Crippen MR) is 123 cm³/mol. The zero-order chi connectivity index (χ0) is 21.2. The number of fused-ring (bicyclic) bond motifs is 7. The molecular formula is C26H24O5. The third-order valence-electron chi connectivity index (χ3n) is 5.53. The molecule has 0 aliphatic carbocycles. The summed E-state index contributed by atoms with van der Waals surface area (Å²) in [6.45, 7) is 1.07. The van der Waals surface area contributed by atoms with Gasteiger partial charge in [-0.15, -0.1) is 0 Å². The molecule has 0 radical (unpaired) electrons. The van der Waals surface area contributed by atoms with Gasteiger partial charge in [-0.2, -0.15) is 0 Å². The van der Waals surface area contributed by atoms with Gasteiger partial charge in [0.15, 0.2) is 0 Å². The fourth-order valence-electron chi connectivity index (χ4n) is 4.17. The van der Waals surface area contributed by atoms with Crippen LogP contribution in [0.25, 0.3) is 43.5 Å². The highest BCUT2D eigenvalue weighted by Gasteiger charge is 2.18. The fraction of sp³-hybridized carbons (Fsp3) is 0.231. The highest BCUT2D eigenvalue weighted by atomic mass is 16.5. The minimum absolute atomic E-state index is 0.0913. The van der Waals surface area contributed by atoms with E-state index in [0.29, 0.717) is 26.1 Å². The van der Waals surface area contributed by atoms with E-state index in [-0.39, 0.29) is 13.2 Å². The zero-order valence-electron chi connectivity index (χ0n) is 17.1. The van der Waals surface area contributed by atoms with E-state index in [1.54, 1.807) is 0 Å². The van der Waals surface area contributed by atoms with Crippen molar-refractivity contribution in [2.75, 3.05) is 26.4 Å². The molecule has 0 spiro atoms. The second-order valence-electron chi connectivity index (χ2n) is 7.54. The molecule has 0 saturated heterocycles. The Bertz CT molecular complexity index is 1260. The number of hydrogen-bond acceptors (Lipinski definition) is 5. The summed E-state index contributed by atoms with van der Waals surface area (Å²) in [6, 6.07) is 20.1. The molecule has 5 nitrogen and oxygen atoms in total. The molecule has 2 N–H and O–H groups in total. The summed E-state index contributed by atoms with van der Waals surface area (Å²) in [6.07, 6.45) is 1.15. The molecule has 0 aliphatic heterocycles. The second-order valence-corrected chi connectivity index (χ2v) is 7.54. The molecule has 1 aromatic heterocycles. The van der Waals surface area contributed by atoms with Crippen LogP contribution >= 0.6 is 0 Å². The van der Waals surface area contributed by atoms with Gasteiger partial charge in [-0.1, -0.05) is 36.4 Å². The van der Waals surface area contributed by atoms with Crippen molar-refractivity contribution in [1.82, 2.24) is 0 Å². The van der Waals surface area contributed by atoms with Crippen molar-refractivity contribution < 1.29 is 24.1 Å². The van der Waals surface area contributed by atoms with E-state index in [1.807, 2.05) is 48.5 Å². The molecule has 0 aliphatic rings. The van der Waals surface area contributed by atoms with Gasteiger partial charge in [0, 0.05) is 47.6 Å². The van der Waals surface area contributed by atoms with Crippen LogP contribution in [0.2, 0.25) is 0 Å². The van der Waals surface area contributed by atoms with Crippen molar-refractivity contribution in [2.45, 2.75) is 12.8 Å². The molecular weight excluding hydrogens is 392 g/mol. The zero-order valence-corrected chi connectivity index (χ0v) is 17.1. The first-order chi connectivity index (χ1) is 15.3. The molecule has 0 unspecified atom stereocenters. The number of hydrogen-bond donors (Lipinski definition) is 2. The Kier molecular flexibility index (Phi) is 5.37. The minimum atomic E-state index is 0.0913. The van der Waals surface area contributed by atoms with E-state index >= 15 is 0 Å². The van der Waals surface area contributed by atoms with Crippen molar-refractivity contribution >= 4 is 43.5 Å². The topological polar surface area (TPSA) is 72.1 Å². The summed E-state index contributed by atoms with van der Waals surface area (Å²) in [7, 11) is 0. The lowest BCUT2D eigenvalue weighted by Gasteiger charge is -2.12. The summed E-state index contributed by atoms with van der Waals surface area (Å²) >= 11 is 0. The van der Waals surface area contributed by atoms with Gasteiger partial charge < -0.3 is 24.1 Å². The highest BCUT2D eigenvalue weighted by Crippen LogP contribution is 2.44. The Morgan fingerprint density at radius 3 is 1.52 bits per heavy atom. The summed E-state index contributed by atoms with van der Waals surface area (Å²) < 4.78 is 18.3. The molecule has 31 heavy (non-hydrogen) atoms. The SMILES string of the molecule is OCCCOc1cccc2ccc3oc4ccc5cccc(OCCCO)c5c4c3c12. The smallest absolute Gasteiger partial charge is 0.136 e. The Balaban J connectivity index is 1.84. The lowest BCUT2D eigenvalue weighted by Crippen LogP contribution is -2.00. The van der Waals surface area contributed by atoms with Gasteiger partial charge in [-0.05, 0) is 35.0 Å². The first kappa shape index (κ1) is 19.7. The van der Waals surface area contributed by atoms with Crippen molar-refractivity contribution in [3.05, 3.63) is 60.7 Å². The van der Waals surface area contributed by atoms with Gasteiger partial charge in [-0.25, -0.2) is 0 Å². The quantitative estimate of drug-likeness (QED) is 0.331. The van der Waals surface area contributed by atoms with Crippen LogP contribution in [-0.2, 0) is 0 Å². The molecule has 5 aromatic rings. The molecule has 0 amide bonds. The Morgan fingerprint density at radius 2 is 1.06 bits per heavy atom. The molecule has 0 saturated carbocycles. The maximum Gasteiger partial charge on any atom is 0.136 e. The van der Waals surface area contributed by atoms with Gasteiger partial charge in [-0.3, -0.25) is 0 Å². The van der Waals surface area contributed by atoms with Gasteiger partial charge >= 0.3 is 0 Å². The van der Waals surface area contributed by atoms with E-state index in [1.165, 1.54) is 0 Å². The third-order valence-corrected chi connectivity index (χ3v) is 5.53. The normalized spacial score (nSPS) is 11.7. The van der Waals surface area contributed by atoms with E-state index in [2.05, 4.69) is 12.1 Å². The van der Waals surface area contributed by atoms with Crippen LogP contribution in [0.15, 0.2) is 65.1 Å². The largest absolute Gasteiger partial charge is 0.493 e. The fourth-order valence-corrected chi connectivity index (χ4v) is 4.17. The number of rotatable bonds is 8.